The third kappa shape index (κ3) is 2.22. The van der Waals surface area contributed by atoms with Crippen molar-refractivity contribution in [2.24, 2.45) is 5.41 Å². The normalized spacial score (nSPS) is 26.3. The summed E-state index contributed by atoms with van der Waals surface area (Å²) < 4.78 is 35.0. The fraction of sp³-hybridized carbons (Fsp3) is 0.400. The van der Waals surface area contributed by atoms with Gasteiger partial charge >= 0.3 is 6.29 Å². The summed E-state index contributed by atoms with van der Waals surface area (Å²) in [5.74, 6) is 0.129. The molecular formula is C10H9BrF2O2. The smallest absolute Gasteiger partial charge is 0.396 e. The van der Waals surface area contributed by atoms with E-state index in [9.17, 15) is 8.78 Å². The molecule has 2 rings (SSSR count). The number of fused-ring (bicyclic) bond motifs is 1. The second-order valence-electron chi connectivity index (χ2n) is 4.04. The van der Waals surface area contributed by atoms with E-state index in [1.807, 2.05) is 19.9 Å². The Morgan fingerprint density at radius 3 is 2.40 bits per heavy atom. The third-order valence-electron chi connectivity index (χ3n) is 1.98. The van der Waals surface area contributed by atoms with Gasteiger partial charge in [0.15, 0.2) is 11.5 Å². The van der Waals surface area contributed by atoms with E-state index in [0.717, 1.165) is 0 Å². The molecule has 0 N–H and O–H groups in total. The highest BCUT2D eigenvalue weighted by Gasteiger charge is 2.46. The summed E-state index contributed by atoms with van der Waals surface area (Å²) in [4.78, 5) is 0. The van der Waals surface area contributed by atoms with Crippen LogP contribution in [0.2, 0.25) is 0 Å². The number of halogens is 3. The molecule has 1 aliphatic carbocycles. The first-order valence-electron chi connectivity index (χ1n) is 4.37. The highest BCUT2D eigenvalue weighted by Crippen LogP contribution is 2.42. The number of allylic oxidation sites excluding steroid dienone is 4. The van der Waals surface area contributed by atoms with Crippen LogP contribution in [0.25, 0.3) is 0 Å². The van der Waals surface area contributed by atoms with Gasteiger partial charge < -0.3 is 9.47 Å². The standard InChI is InChI=1S/C10H9BrF2O2/c1-9(2)4-6(11)3-7-8(5-9)15-10(12,13)14-7/h3-5H,1-2H3. The molecule has 0 aromatic rings. The molecule has 2 nitrogen and oxygen atoms in total. The zero-order chi connectivity index (χ0) is 11.3. The van der Waals surface area contributed by atoms with Crippen molar-refractivity contribution >= 4 is 15.9 Å². The molecule has 0 aromatic heterocycles. The average Bonchev–Trinajstić information content (AvgIpc) is 2.16. The number of rotatable bonds is 0. The highest BCUT2D eigenvalue weighted by molar-refractivity contribution is 9.11. The van der Waals surface area contributed by atoms with Crippen LogP contribution in [0.5, 0.6) is 0 Å². The number of ether oxygens (including phenoxy) is 2. The minimum Gasteiger partial charge on any atom is -0.396 e. The Morgan fingerprint density at radius 2 is 1.73 bits per heavy atom. The Morgan fingerprint density at radius 1 is 1.13 bits per heavy atom. The summed E-state index contributed by atoms with van der Waals surface area (Å²) in [5, 5.41) is 0. The van der Waals surface area contributed by atoms with Gasteiger partial charge in [0.2, 0.25) is 0 Å². The minimum absolute atomic E-state index is 0.0497. The largest absolute Gasteiger partial charge is 0.586 e. The van der Waals surface area contributed by atoms with Gasteiger partial charge in [-0.1, -0.05) is 35.9 Å². The minimum atomic E-state index is -3.56. The van der Waals surface area contributed by atoms with E-state index >= 15 is 0 Å². The van der Waals surface area contributed by atoms with E-state index in [-0.39, 0.29) is 16.9 Å². The maximum Gasteiger partial charge on any atom is 0.586 e. The van der Waals surface area contributed by atoms with Crippen molar-refractivity contribution < 1.29 is 18.3 Å². The lowest BCUT2D eigenvalue weighted by atomic mass is 9.93. The molecule has 0 saturated carbocycles. The molecule has 0 spiro atoms. The van der Waals surface area contributed by atoms with E-state index < -0.39 is 6.29 Å². The van der Waals surface area contributed by atoms with Crippen molar-refractivity contribution in [1.29, 1.82) is 0 Å². The predicted molar refractivity (Wildman–Crippen MR) is 54.1 cm³/mol. The first-order chi connectivity index (χ1) is 6.77. The van der Waals surface area contributed by atoms with E-state index in [1.54, 1.807) is 6.08 Å². The van der Waals surface area contributed by atoms with Gasteiger partial charge in [0.25, 0.3) is 0 Å². The molecule has 1 saturated heterocycles. The summed E-state index contributed by atoms with van der Waals surface area (Å²) in [6, 6.07) is 0. The lowest BCUT2D eigenvalue weighted by Gasteiger charge is -2.14. The van der Waals surface area contributed by atoms with Gasteiger partial charge in [-0.05, 0) is 12.2 Å². The van der Waals surface area contributed by atoms with Crippen LogP contribution in [0.1, 0.15) is 13.8 Å². The van der Waals surface area contributed by atoms with Gasteiger partial charge in [0, 0.05) is 9.90 Å². The Bertz CT molecular complexity index is 394. The van der Waals surface area contributed by atoms with E-state index in [2.05, 4.69) is 25.4 Å². The number of alkyl halides is 2. The molecule has 1 heterocycles. The van der Waals surface area contributed by atoms with Crippen LogP contribution in [-0.4, -0.2) is 6.29 Å². The van der Waals surface area contributed by atoms with Gasteiger partial charge in [0.1, 0.15) is 0 Å². The van der Waals surface area contributed by atoms with Crippen LogP contribution in [0.15, 0.2) is 34.2 Å². The zero-order valence-electron chi connectivity index (χ0n) is 8.18. The van der Waals surface area contributed by atoms with Gasteiger partial charge in [-0.25, -0.2) is 0 Å². The molecule has 0 radical (unpaired) electrons. The van der Waals surface area contributed by atoms with Crippen molar-refractivity contribution in [3.63, 3.8) is 0 Å². The molecule has 5 heteroatoms. The third-order valence-corrected chi connectivity index (χ3v) is 2.44. The summed E-state index contributed by atoms with van der Waals surface area (Å²) >= 11 is 3.26. The molecule has 2 aliphatic rings. The summed E-state index contributed by atoms with van der Waals surface area (Å²) in [6.07, 6.45) is 1.41. The lowest BCUT2D eigenvalue weighted by molar-refractivity contribution is -0.326. The van der Waals surface area contributed by atoms with Crippen LogP contribution in [0.3, 0.4) is 0 Å². The quantitative estimate of drug-likeness (QED) is 0.673. The van der Waals surface area contributed by atoms with Gasteiger partial charge in [-0.2, -0.15) is 0 Å². The van der Waals surface area contributed by atoms with Crippen molar-refractivity contribution in [2.45, 2.75) is 20.1 Å². The monoisotopic (exact) mass is 278 g/mol. The van der Waals surface area contributed by atoms with E-state index in [4.69, 9.17) is 0 Å². The Hall–Kier alpha value is -0.840. The Labute approximate surface area is 94.4 Å². The maximum absolute atomic E-state index is 12.8. The first kappa shape index (κ1) is 10.7. The molecule has 1 fully saturated rings. The molecule has 0 bridgehead atoms. The van der Waals surface area contributed by atoms with Crippen LogP contribution in [-0.2, 0) is 9.47 Å². The Balaban J connectivity index is 2.45. The Kier molecular flexibility index (Phi) is 2.19. The van der Waals surface area contributed by atoms with Gasteiger partial charge in [0.05, 0.1) is 0 Å². The summed E-state index contributed by atoms with van der Waals surface area (Å²) in [7, 11) is 0. The van der Waals surface area contributed by atoms with Crippen molar-refractivity contribution in [1.82, 2.24) is 0 Å². The molecule has 0 unspecified atom stereocenters. The predicted octanol–water partition coefficient (Wildman–Crippen LogP) is 3.67. The van der Waals surface area contributed by atoms with Crippen LogP contribution < -0.4 is 0 Å². The van der Waals surface area contributed by atoms with Crippen molar-refractivity contribution in [3.05, 3.63) is 34.2 Å². The highest BCUT2D eigenvalue weighted by atomic mass is 79.9. The molecular weight excluding hydrogens is 270 g/mol. The maximum atomic E-state index is 12.8. The summed E-state index contributed by atoms with van der Waals surface area (Å²) in [5.41, 5.74) is -0.365. The SMILES string of the molecule is CC1(C)C=C(Br)C=C2OC(F)(F)OC2=C1. The lowest BCUT2D eigenvalue weighted by Crippen LogP contribution is -2.14. The molecule has 15 heavy (non-hydrogen) atoms. The molecule has 0 amide bonds. The van der Waals surface area contributed by atoms with E-state index in [0.29, 0.717) is 4.48 Å². The van der Waals surface area contributed by atoms with Crippen molar-refractivity contribution in [3.8, 4) is 0 Å². The van der Waals surface area contributed by atoms with Crippen molar-refractivity contribution in [2.75, 3.05) is 0 Å². The molecule has 0 aromatic carbocycles. The second-order valence-corrected chi connectivity index (χ2v) is 4.95. The van der Waals surface area contributed by atoms with Crippen LogP contribution in [0, 0.1) is 5.41 Å². The topological polar surface area (TPSA) is 18.5 Å². The van der Waals surface area contributed by atoms with Crippen LogP contribution in [0.4, 0.5) is 8.78 Å². The fourth-order valence-corrected chi connectivity index (χ4v) is 2.28. The molecule has 1 aliphatic heterocycles. The molecule has 82 valence electrons. The van der Waals surface area contributed by atoms with Gasteiger partial charge in [-0.3, -0.25) is 0 Å². The summed E-state index contributed by atoms with van der Waals surface area (Å²) in [6.45, 7) is 3.77. The first-order valence-corrected chi connectivity index (χ1v) is 5.16. The number of hydrogen-bond acceptors (Lipinski definition) is 2. The second kappa shape index (κ2) is 3.07. The van der Waals surface area contributed by atoms with E-state index in [1.165, 1.54) is 6.08 Å². The number of hydrogen-bond donors (Lipinski definition) is 0. The van der Waals surface area contributed by atoms with Gasteiger partial charge in [-0.15, -0.1) is 8.78 Å². The average molecular weight is 279 g/mol. The van der Waals surface area contributed by atoms with Crippen LogP contribution >= 0.6 is 15.9 Å². The fourth-order valence-electron chi connectivity index (χ4n) is 1.48. The molecule has 0 atom stereocenters. The zero-order valence-corrected chi connectivity index (χ0v) is 9.77.